The monoisotopic (exact) mass is 479 g/mol. The molecule has 3 aromatic carbocycles. The lowest BCUT2D eigenvalue weighted by atomic mass is 10.1. The fourth-order valence-corrected chi connectivity index (χ4v) is 4.47. The Balaban J connectivity index is 1.72. The third kappa shape index (κ3) is 4.87. The molecule has 0 aliphatic carbocycles. The van der Waals surface area contributed by atoms with Gasteiger partial charge in [0.05, 0.1) is 16.8 Å². The van der Waals surface area contributed by atoms with E-state index < -0.39 is 17.6 Å². The first kappa shape index (κ1) is 22.5. The van der Waals surface area contributed by atoms with Gasteiger partial charge in [-0.15, -0.1) is 0 Å². The lowest BCUT2D eigenvalue weighted by molar-refractivity contribution is -0.137. The number of anilines is 2. The predicted molar refractivity (Wildman–Crippen MR) is 122 cm³/mol. The van der Waals surface area contributed by atoms with Crippen molar-refractivity contribution in [3.63, 3.8) is 0 Å². The molecule has 0 unspecified atom stereocenters. The Kier molecular flexibility index (Phi) is 6.37. The van der Waals surface area contributed by atoms with Crippen LogP contribution in [0.3, 0.4) is 0 Å². The summed E-state index contributed by atoms with van der Waals surface area (Å²) in [5.41, 5.74) is 1.99. The number of rotatable bonds is 6. The van der Waals surface area contributed by atoms with Crippen molar-refractivity contribution in [2.75, 3.05) is 12.4 Å². The van der Waals surface area contributed by atoms with Crippen LogP contribution in [0.2, 0.25) is 5.02 Å². The highest BCUT2D eigenvalue weighted by atomic mass is 35.5. The van der Waals surface area contributed by atoms with Crippen LogP contribution in [0.4, 0.5) is 28.9 Å². The quantitative estimate of drug-likeness (QED) is 0.281. The molecule has 0 saturated carbocycles. The van der Waals surface area contributed by atoms with Crippen molar-refractivity contribution in [1.29, 1.82) is 0 Å². The average molecular weight is 480 g/mol. The summed E-state index contributed by atoms with van der Waals surface area (Å²) in [6.45, 7) is 0.589. The van der Waals surface area contributed by atoms with Gasteiger partial charge in [0, 0.05) is 33.7 Å². The third-order valence-corrected chi connectivity index (χ3v) is 6.00. The van der Waals surface area contributed by atoms with Crippen LogP contribution < -0.4 is 10.6 Å². The second-order valence-electron chi connectivity index (χ2n) is 7.11. The van der Waals surface area contributed by atoms with Crippen LogP contribution in [0.1, 0.15) is 11.1 Å². The number of benzene rings is 3. The largest absolute Gasteiger partial charge is 0.416 e. The molecular weight excluding hydrogens is 462 g/mol. The molecule has 0 bridgehead atoms. The fraction of sp³-hybridized carbons (Fsp3) is 0.130. The second kappa shape index (κ2) is 9.05. The molecule has 4 aromatic rings. The van der Waals surface area contributed by atoms with E-state index in [0.717, 1.165) is 28.6 Å². The van der Waals surface area contributed by atoms with Crippen molar-refractivity contribution in [3.05, 3.63) is 88.8 Å². The number of halogens is 5. The van der Waals surface area contributed by atoms with Gasteiger partial charge in [-0.25, -0.2) is 4.39 Å². The summed E-state index contributed by atoms with van der Waals surface area (Å²) in [5, 5.41) is 7.38. The number of aromatic nitrogens is 1. The minimum atomic E-state index is -4.41. The normalized spacial score (nSPS) is 11.8. The van der Waals surface area contributed by atoms with Crippen LogP contribution in [0.15, 0.2) is 71.8 Å². The molecule has 9 heteroatoms. The van der Waals surface area contributed by atoms with Crippen molar-refractivity contribution < 1.29 is 17.6 Å². The molecule has 0 fully saturated rings. The number of fused-ring (bicyclic) bond motifs is 1. The van der Waals surface area contributed by atoms with Crippen molar-refractivity contribution >= 4 is 45.8 Å². The van der Waals surface area contributed by atoms with E-state index in [1.165, 1.54) is 24.1 Å². The van der Waals surface area contributed by atoms with Gasteiger partial charge < -0.3 is 10.6 Å². The molecule has 3 nitrogen and oxygen atoms in total. The Bertz CT molecular complexity index is 1270. The van der Waals surface area contributed by atoms with E-state index >= 15 is 0 Å². The van der Waals surface area contributed by atoms with E-state index in [-0.39, 0.29) is 5.69 Å². The zero-order valence-electron chi connectivity index (χ0n) is 16.8. The zero-order valence-corrected chi connectivity index (χ0v) is 18.4. The Labute approximate surface area is 191 Å². The van der Waals surface area contributed by atoms with Gasteiger partial charge in [0.15, 0.2) is 0 Å². The van der Waals surface area contributed by atoms with Gasteiger partial charge >= 0.3 is 6.18 Å². The number of nitrogens with zero attached hydrogens (tertiary/aromatic N) is 1. The van der Waals surface area contributed by atoms with Crippen LogP contribution in [0.5, 0.6) is 0 Å². The Hall–Kier alpha value is -2.68. The van der Waals surface area contributed by atoms with Crippen LogP contribution in [-0.2, 0) is 12.7 Å². The molecule has 0 saturated heterocycles. The first-order valence-electron chi connectivity index (χ1n) is 9.61. The molecule has 4 rings (SSSR count). The van der Waals surface area contributed by atoms with Gasteiger partial charge in [0.25, 0.3) is 0 Å². The molecule has 0 aliphatic heterocycles. The summed E-state index contributed by atoms with van der Waals surface area (Å²) < 4.78 is 55.3. The van der Waals surface area contributed by atoms with Crippen LogP contribution in [0.25, 0.3) is 10.9 Å². The lowest BCUT2D eigenvalue weighted by Gasteiger charge is -2.11. The van der Waals surface area contributed by atoms with Gasteiger partial charge in [-0.3, -0.25) is 3.97 Å². The molecular formula is C23H18ClF4N3S. The second-order valence-corrected chi connectivity index (χ2v) is 8.59. The molecule has 1 heterocycles. The van der Waals surface area contributed by atoms with Crippen LogP contribution >= 0.6 is 23.5 Å². The summed E-state index contributed by atoms with van der Waals surface area (Å²) in [6, 6.07) is 15.1. The molecule has 0 spiro atoms. The van der Waals surface area contributed by atoms with E-state index in [1.807, 2.05) is 35.4 Å². The van der Waals surface area contributed by atoms with Gasteiger partial charge in [-0.1, -0.05) is 23.7 Å². The summed E-state index contributed by atoms with van der Waals surface area (Å²) in [7, 11) is 1.82. The molecule has 2 N–H and O–H groups in total. The summed E-state index contributed by atoms with van der Waals surface area (Å²) in [6.07, 6.45) is -2.52. The highest BCUT2D eigenvalue weighted by Crippen LogP contribution is 2.35. The molecule has 0 aliphatic rings. The van der Waals surface area contributed by atoms with Gasteiger partial charge in [-0.2, -0.15) is 13.2 Å². The highest BCUT2D eigenvalue weighted by molar-refractivity contribution is 7.98. The summed E-state index contributed by atoms with van der Waals surface area (Å²) in [4.78, 5) is 0.454. The maximum atomic E-state index is 14.2. The highest BCUT2D eigenvalue weighted by Gasteiger charge is 2.30. The lowest BCUT2D eigenvalue weighted by Crippen LogP contribution is -2.04. The van der Waals surface area contributed by atoms with Crippen LogP contribution in [0, 0.1) is 5.82 Å². The smallest absolute Gasteiger partial charge is 0.353 e. The SMILES string of the molecule is CNCc1cn(Sc2cccc(C(F)(F)F)c2)c2cc(Nc3ccc(Cl)cc3F)ccc12. The first-order valence-corrected chi connectivity index (χ1v) is 10.8. The maximum absolute atomic E-state index is 14.2. The maximum Gasteiger partial charge on any atom is 0.416 e. The molecule has 1 aromatic heterocycles. The number of hydrogen-bond donors (Lipinski definition) is 2. The standard InChI is InChI=1S/C23H18ClF4N3S/c1-29-12-14-13-31(32-18-4-2-3-15(9-18)23(26,27)28)22-11-17(6-7-19(14)22)30-21-8-5-16(24)10-20(21)25/h2-11,13,29-30H,12H2,1H3. The molecule has 0 atom stereocenters. The number of alkyl halides is 3. The molecule has 0 radical (unpaired) electrons. The van der Waals surface area contributed by atoms with Gasteiger partial charge in [0.1, 0.15) is 5.82 Å². The van der Waals surface area contributed by atoms with E-state index in [0.29, 0.717) is 22.2 Å². The average Bonchev–Trinajstić information content (AvgIpc) is 3.07. The van der Waals surface area contributed by atoms with Gasteiger partial charge in [0.2, 0.25) is 0 Å². The Morgan fingerprint density at radius 3 is 2.56 bits per heavy atom. The predicted octanol–water partition coefficient (Wildman–Crippen LogP) is 7.47. The Morgan fingerprint density at radius 2 is 1.84 bits per heavy atom. The van der Waals surface area contributed by atoms with Crippen molar-refractivity contribution in [3.8, 4) is 0 Å². The number of nitrogens with one attached hydrogen (secondary N) is 2. The third-order valence-electron chi connectivity index (χ3n) is 4.80. The zero-order chi connectivity index (χ0) is 22.9. The molecule has 0 amide bonds. The summed E-state index contributed by atoms with van der Waals surface area (Å²) >= 11 is 7.00. The fourth-order valence-electron chi connectivity index (χ4n) is 3.34. The summed E-state index contributed by atoms with van der Waals surface area (Å²) in [5.74, 6) is -0.484. The number of hydrogen-bond acceptors (Lipinski definition) is 3. The van der Waals surface area contributed by atoms with E-state index in [4.69, 9.17) is 11.6 Å². The van der Waals surface area contributed by atoms with Crippen molar-refractivity contribution in [1.82, 2.24) is 9.29 Å². The van der Waals surface area contributed by atoms with Crippen LogP contribution in [-0.4, -0.2) is 11.0 Å². The Morgan fingerprint density at radius 1 is 1.03 bits per heavy atom. The van der Waals surface area contributed by atoms with E-state index in [1.54, 1.807) is 18.2 Å². The topological polar surface area (TPSA) is 29.0 Å². The van der Waals surface area contributed by atoms with E-state index in [9.17, 15) is 17.6 Å². The minimum absolute atomic E-state index is 0.271. The van der Waals surface area contributed by atoms with Gasteiger partial charge in [-0.05, 0) is 73.1 Å². The minimum Gasteiger partial charge on any atom is -0.353 e. The van der Waals surface area contributed by atoms with E-state index in [2.05, 4.69) is 10.6 Å². The van der Waals surface area contributed by atoms with Crippen molar-refractivity contribution in [2.45, 2.75) is 17.6 Å². The molecule has 166 valence electrons. The first-order chi connectivity index (χ1) is 15.2. The van der Waals surface area contributed by atoms with Crippen molar-refractivity contribution in [2.24, 2.45) is 0 Å². The molecule has 32 heavy (non-hydrogen) atoms.